The Hall–Kier alpha value is -1.57. The van der Waals surface area contributed by atoms with E-state index < -0.39 is 0 Å². The predicted octanol–water partition coefficient (Wildman–Crippen LogP) is 2.67. The summed E-state index contributed by atoms with van der Waals surface area (Å²) in [5.74, 6) is 1.70. The Balaban J connectivity index is 2.30. The quantitative estimate of drug-likeness (QED) is 0.615. The van der Waals surface area contributed by atoms with Gasteiger partial charge in [0.1, 0.15) is 5.82 Å². The standard InChI is InChI=1S/C12H12N2/c1-9-8-14-7-6-13-12(14)11-5-3-2-4-10(9)11/h2-7,9H,8H2,1H3. The number of nitrogens with zero attached hydrogens (tertiary/aromatic N) is 2. The van der Waals surface area contributed by atoms with Crippen LogP contribution in [-0.2, 0) is 6.54 Å². The fraction of sp³-hybridized carbons (Fsp3) is 0.250. The predicted molar refractivity (Wildman–Crippen MR) is 56.1 cm³/mol. The summed E-state index contributed by atoms with van der Waals surface area (Å²) in [6, 6.07) is 8.55. The minimum atomic E-state index is 0.591. The second kappa shape index (κ2) is 2.71. The van der Waals surface area contributed by atoms with E-state index >= 15 is 0 Å². The van der Waals surface area contributed by atoms with Gasteiger partial charge in [-0.25, -0.2) is 4.98 Å². The SMILES string of the molecule is CC1Cn2ccnc2-c2ccccc21. The van der Waals surface area contributed by atoms with E-state index in [2.05, 4.69) is 46.9 Å². The first-order chi connectivity index (χ1) is 6.86. The number of aromatic nitrogens is 2. The van der Waals surface area contributed by atoms with Crippen molar-refractivity contribution in [2.24, 2.45) is 0 Å². The molecule has 0 saturated heterocycles. The van der Waals surface area contributed by atoms with E-state index in [1.54, 1.807) is 0 Å². The van der Waals surface area contributed by atoms with Gasteiger partial charge < -0.3 is 4.57 Å². The lowest BCUT2D eigenvalue weighted by atomic mass is 9.92. The Morgan fingerprint density at radius 3 is 3.14 bits per heavy atom. The molecule has 0 aliphatic carbocycles. The monoisotopic (exact) mass is 184 g/mol. The van der Waals surface area contributed by atoms with Gasteiger partial charge in [-0.1, -0.05) is 31.2 Å². The molecule has 2 aromatic rings. The topological polar surface area (TPSA) is 17.8 Å². The van der Waals surface area contributed by atoms with Gasteiger partial charge in [-0.2, -0.15) is 0 Å². The van der Waals surface area contributed by atoms with Gasteiger partial charge in [0.2, 0.25) is 0 Å². The molecule has 70 valence electrons. The normalized spacial score (nSPS) is 18.8. The molecule has 1 unspecified atom stereocenters. The minimum absolute atomic E-state index is 0.591. The Morgan fingerprint density at radius 1 is 1.36 bits per heavy atom. The van der Waals surface area contributed by atoms with E-state index in [4.69, 9.17) is 0 Å². The number of fused-ring (bicyclic) bond motifs is 3. The van der Waals surface area contributed by atoms with Crippen LogP contribution in [0.4, 0.5) is 0 Å². The maximum absolute atomic E-state index is 4.40. The second-order valence-electron chi connectivity index (χ2n) is 3.89. The first kappa shape index (κ1) is 7.80. The molecule has 2 heteroatoms. The lowest BCUT2D eigenvalue weighted by Gasteiger charge is -2.23. The highest BCUT2D eigenvalue weighted by Gasteiger charge is 2.20. The van der Waals surface area contributed by atoms with Gasteiger partial charge in [-0.05, 0) is 11.5 Å². The number of hydrogen-bond donors (Lipinski definition) is 0. The van der Waals surface area contributed by atoms with E-state index in [0.29, 0.717) is 5.92 Å². The molecule has 14 heavy (non-hydrogen) atoms. The molecule has 2 heterocycles. The molecule has 1 aromatic carbocycles. The van der Waals surface area contributed by atoms with Crippen LogP contribution in [0.15, 0.2) is 36.7 Å². The first-order valence-electron chi connectivity index (χ1n) is 4.96. The fourth-order valence-corrected chi connectivity index (χ4v) is 2.22. The summed E-state index contributed by atoms with van der Waals surface area (Å²) in [5, 5.41) is 0. The molecule has 0 N–H and O–H groups in total. The minimum Gasteiger partial charge on any atom is -0.330 e. The van der Waals surface area contributed by atoms with Gasteiger partial charge in [0.05, 0.1) is 0 Å². The van der Waals surface area contributed by atoms with Gasteiger partial charge in [-0.15, -0.1) is 0 Å². The summed E-state index contributed by atoms with van der Waals surface area (Å²) in [4.78, 5) is 4.40. The zero-order valence-corrected chi connectivity index (χ0v) is 8.14. The van der Waals surface area contributed by atoms with Crippen molar-refractivity contribution >= 4 is 0 Å². The van der Waals surface area contributed by atoms with Gasteiger partial charge in [0, 0.05) is 24.5 Å². The summed E-state index contributed by atoms with van der Waals surface area (Å²) < 4.78 is 2.23. The van der Waals surface area contributed by atoms with Crippen LogP contribution in [-0.4, -0.2) is 9.55 Å². The summed E-state index contributed by atoms with van der Waals surface area (Å²) in [6.07, 6.45) is 3.94. The lowest BCUT2D eigenvalue weighted by Crippen LogP contribution is -2.14. The molecule has 0 spiro atoms. The van der Waals surface area contributed by atoms with Crippen molar-refractivity contribution in [2.75, 3.05) is 0 Å². The van der Waals surface area contributed by atoms with Crippen molar-refractivity contribution in [3.05, 3.63) is 42.2 Å². The van der Waals surface area contributed by atoms with Crippen LogP contribution in [0.1, 0.15) is 18.4 Å². The van der Waals surface area contributed by atoms with E-state index in [-0.39, 0.29) is 0 Å². The number of benzene rings is 1. The lowest BCUT2D eigenvalue weighted by molar-refractivity contribution is 0.585. The van der Waals surface area contributed by atoms with E-state index in [1.165, 1.54) is 11.1 Å². The first-order valence-corrected chi connectivity index (χ1v) is 4.96. The molecule has 1 aliphatic heterocycles. The molecule has 3 rings (SSSR count). The summed E-state index contributed by atoms with van der Waals surface area (Å²) >= 11 is 0. The average Bonchev–Trinajstić information content (AvgIpc) is 2.66. The van der Waals surface area contributed by atoms with Gasteiger partial charge in [0.25, 0.3) is 0 Å². The maximum Gasteiger partial charge on any atom is 0.140 e. The number of rotatable bonds is 0. The third kappa shape index (κ3) is 0.939. The second-order valence-corrected chi connectivity index (χ2v) is 3.89. The van der Waals surface area contributed by atoms with Crippen molar-refractivity contribution in [1.29, 1.82) is 0 Å². The molecule has 0 radical (unpaired) electrons. The summed E-state index contributed by atoms with van der Waals surface area (Å²) in [5.41, 5.74) is 2.71. The Bertz CT molecular complexity index is 471. The molecule has 0 amide bonds. The average molecular weight is 184 g/mol. The fourth-order valence-electron chi connectivity index (χ4n) is 2.22. The van der Waals surface area contributed by atoms with Crippen LogP contribution < -0.4 is 0 Å². The Kier molecular flexibility index (Phi) is 1.51. The highest BCUT2D eigenvalue weighted by molar-refractivity contribution is 5.63. The molecule has 0 bridgehead atoms. The largest absolute Gasteiger partial charge is 0.330 e. The molecule has 0 fully saturated rings. The molecule has 1 atom stereocenters. The molecule has 2 nitrogen and oxygen atoms in total. The molecule has 1 aromatic heterocycles. The van der Waals surface area contributed by atoms with Crippen LogP contribution in [0.3, 0.4) is 0 Å². The van der Waals surface area contributed by atoms with Crippen molar-refractivity contribution in [3.63, 3.8) is 0 Å². The summed E-state index contributed by atoms with van der Waals surface area (Å²) in [6.45, 7) is 3.31. The van der Waals surface area contributed by atoms with Crippen molar-refractivity contribution < 1.29 is 0 Å². The van der Waals surface area contributed by atoms with Crippen LogP contribution >= 0.6 is 0 Å². The van der Waals surface area contributed by atoms with Crippen LogP contribution in [0, 0.1) is 0 Å². The molecular weight excluding hydrogens is 172 g/mol. The number of hydrogen-bond acceptors (Lipinski definition) is 1. The maximum atomic E-state index is 4.40. The van der Waals surface area contributed by atoms with Crippen molar-refractivity contribution in [1.82, 2.24) is 9.55 Å². The van der Waals surface area contributed by atoms with Crippen molar-refractivity contribution in [3.8, 4) is 11.4 Å². The van der Waals surface area contributed by atoms with Crippen LogP contribution in [0.5, 0.6) is 0 Å². The zero-order valence-electron chi connectivity index (χ0n) is 8.14. The highest BCUT2D eigenvalue weighted by Crippen LogP contribution is 2.33. The van der Waals surface area contributed by atoms with Gasteiger partial charge in [0.15, 0.2) is 0 Å². The third-order valence-electron chi connectivity index (χ3n) is 2.92. The Morgan fingerprint density at radius 2 is 2.21 bits per heavy atom. The number of imidazole rings is 1. The smallest absolute Gasteiger partial charge is 0.140 e. The zero-order chi connectivity index (χ0) is 9.54. The molecule has 0 saturated carbocycles. The van der Waals surface area contributed by atoms with E-state index in [9.17, 15) is 0 Å². The van der Waals surface area contributed by atoms with Gasteiger partial charge >= 0.3 is 0 Å². The molecular formula is C12H12N2. The summed E-state index contributed by atoms with van der Waals surface area (Å²) in [7, 11) is 0. The third-order valence-corrected chi connectivity index (χ3v) is 2.92. The van der Waals surface area contributed by atoms with E-state index in [1.807, 2.05) is 6.20 Å². The highest BCUT2D eigenvalue weighted by atomic mass is 15.1. The van der Waals surface area contributed by atoms with Gasteiger partial charge in [-0.3, -0.25) is 0 Å². The van der Waals surface area contributed by atoms with Crippen LogP contribution in [0.25, 0.3) is 11.4 Å². The Labute approximate surface area is 83.2 Å². The van der Waals surface area contributed by atoms with Crippen molar-refractivity contribution in [2.45, 2.75) is 19.4 Å². The molecule has 1 aliphatic rings. The van der Waals surface area contributed by atoms with E-state index in [0.717, 1.165) is 12.4 Å². The van der Waals surface area contributed by atoms with Crippen LogP contribution in [0.2, 0.25) is 0 Å².